The van der Waals surface area contributed by atoms with E-state index in [-0.39, 0.29) is 23.9 Å². The van der Waals surface area contributed by atoms with Crippen LogP contribution in [0.2, 0.25) is 0 Å². The maximum absolute atomic E-state index is 13.1. The van der Waals surface area contributed by atoms with Crippen LogP contribution >= 0.6 is 0 Å². The normalized spacial score (nSPS) is 10.3. The fourth-order valence-corrected chi connectivity index (χ4v) is 2.39. The lowest BCUT2D eigenvalue weighted by Gasteiger charge is -2.21. The number of hydrogen-bond acceptors (Lipinski definition) is 2. The third kappa shape index (κ3) is 4.65. The third-order valence-electron chi connectivity index (χ3n) is 3.74. The molecule has 2 rings (SSSR count). The Morgan fingerprint density at radius 2 is 1.83 bits per heavy atom. The Balaban J connectivity index is 1.96. The Labute approximate surface area is 141 Å². The van der Waals surface area contributed by atoms with Gasteiger partial charge >= 0.3 is 0 Å². The van der Waals surface area contributed by atoms with E-state index in [4.69, 9.17) is 0 Å². The average Bonchev–Trinajstić information content (AvgIpc) is 2.58. The van der Waals surface area contributed by atoms with Gasteiger partial charge in [0.05, 0.1) is 0 Å². The van der Waals surface area contributed by atoms with E-state index < -0.39 is 5.82 Å². The predicted molar refractivity (Wildman–Crippen MR) is 92.6 cm³/mol. The zero-order valence-corrected chi connectivity index (χ0v) is 13.9. The van der Waals surface area contributed by atoms with Gasteiger partial charge in [0, 0.05) is 31.3 Å². The number of aryl methyl sites for hydroxylation is 1. The van der Waals surface area contributed by atoms with Crippen molar-refractivity contribution in [2.75, 3.05) is 18.0 Å². The Bertz CT molecular complexity index is 714. The molecular weight excluding hydrogens is 307 g/mol. The largest absolute Gasteiger partial charge is 0.350 e. The zero-order valence-electron chi connectivity index (χ0n) is 13.9. The first-order valence-electron chi connectivity index (χ1n) is 7.92. The zero-order chi connectivity index (χ0) is 17.5. The van der Waals surface area contributed by atoms with E-state index in [1.165, 1.54) is 30.7 Å². The Morgan fingerprint density at radius 3 is 2.42 bits per heavy atom. The van der Waals surface area contributed by atoms with Gasteiger partial charge in [-0.2, -0.15) is 0 Å². The lowest BCUT2D eigenvalue weighted by molar-refractivity contribution is -0.116. The molecule has 0 bridgehead atoms. The van der Waals surface area contributed by atoms with E-state index in [2.05, 4.69) is 12.2 Å². The number of nitrogens with one attached hydrogen (secondary N) is 1. The van der Waals surface area contributed by atoms with Gasteiger partial charge in [0.25, 0.3) is 5.91 Å². The van der Waals surface area contributed by atoms with Crippen molar-refractivity contribution in [2.45, 2.75) is 20.3 Å². The summed E-state index contributed by atoms with van der Waals surface area (Å²) in [4.78, 5) is 25.4. The highest BCUT2D eigenvalue weighted by atomic mass is 19.1. The van der Waals surface area contributed by atoms with Crippen molar-refractivity contribution < 1.29 is 14.0 Å². The predicted octanol–water partition coefficient (Wildman–Crippen LogP) is 3.17. The Morgan fingerprint density at radius 1 is 1.12 bits per heavy atom. The lowest BCUT2D eigenvalue weighted by atomic mass is 10.1. The molecule has 0 aliphatic carbocycles. The van der Waals surface area contributed by atoms with Gasteiger partial charge in [-0.1, -0.05) is 25.1 Å². The topological polar surface area (TPSA) is 49.4 Å². The molecule has 0 aliphatic rings. The van der Waals surface area contributed by atoms with Crippen LogP contribution in [0.1, 0.15) is 29.8 Å². The summed E-state index contributed by atoms with van der Waals surface area (Å²) in [6.45, 7) is 4.19. The number of benzene rings is 2. The molecule has 126 valence electrons. The standard InChI is InChI=1S/C19H21FN2O2/c1-3-15-7-9-18(10-8-15)22(14(2)23)12-11-21-19(24)16-5-4-6-17(20)13-16/h4-10,13H,3,11-12H2,1-2H3,(H,21,24). The molecule has 2 aromatic rings. The summed E-state index contributed by atoms with van der Waals surface area (Å²) in [7, 11) is 0. The van der Waals surface area contributed by atoms with Crippen LogP contribution < -0.4 is 10.2 Å². The maximum atomic E-state index is 13.1. The molecule has 0 heterocycles. The van der Waals surface area contributed by atoms with Crippen molar-refractivity contribution in [3.8, 4) is 0 Å². The van der Waals surface area contributed by atoms with Gasteiger partial charge in [-0.3, -0.25) is 9.59 Å². The number of carbonyl (C=O) groups excluding carboxylic acids is 2. The van der Waals surface area contributed by atoms with Gasteiger partial charge in [0.1, 0.15) is 5.82 Å². The molecule has 4 nitrogen and oxygen atoms in total. The van der Waals surface area contributed by atoms with Crippen molar-refractivity contribution in [1.82, 2.24) is 5.32 Å². The smallest absolute Gasteiger partial charge is 0.251 e. The molecule has 24 heavy (non-hydrogen) atoms. The van der Waals surface area contributed by atoms with E-state index in [1.54, 1.807) is 11.0 Å². The number of nitrogens with zero attached hydrogens (tertiary/aromatic N) is 1. The minimum absolute atomic E-state index is 0.0979. The number of rotatable bonds is 6. The fourth-order valence-electron chi connectivity index (χ4n) is 2.39. The van der Waals surface area contributed by atoms with Gasteiger partial charge in [0.15, 0.2) is 0 Å². The molecule has 2 aromatic carbocycles. The fraction of sp³-hybridized carbons (Fsp3) is 0.263. The van der Waals surface area contributed by atoms with Crippen LogP contribution in [0.3, 0.4) is 0 Å². The van der Waals surface area contributed by atoms with Gasteiger partial charge in [-0.15, -0.1) is 0 Å². The molecule has 0 fully saturated rings. The van der Waals surface area contributed by atoms with E-state index in [9.17, 15) is 14.0 Å². The second-order valence-corrected chi connectivity index (χ2v) is 5.46. The number of halogens is 1. The molecule has 0 atom stereocenters. The first-order valence-corrected chi connectivity index (χ1v) is 7.92. The van der Waals surface area contributed by atoms with Crippen LogP contribution in [-0.4, -0.2) is 24.9 Å². The van der Waals surface area contributed by atoms with Crippen LogP contribution in [-0.2, 0) is 11.2 Å². The monoisotopic (exact) mass is 328 g/mol. The van der Waals surface area contributed by atoms with Crippen LogP contribution in [0.25, 0.3) is 0 Å². The molecule has 0 unspecified atom stereocenters. The van der Waals surface area contributed by atoms with Crippen LogP contribution in [0.4, 0.5) is 10.1 Å². The highest BCUT2D eigenvalue weighted by molar-refractivity contribution is 5.94. The number of anilines is 1. The van der Waals surface area contributed by atoms with Crippen molar-refractivity contribution in [3.05, 3.63) is 65.5 Å². The minimum Gasteiger partial charge on any atom is -0.350 e. The maximum Gasteiger partial charge on any atom is 0.251 e. The van der Waals surface area contributed by atoms with Gasteiger partial charge < -0.3 is 10.2 Å². The second kappa shape index (κ2) is 8.24. The summed E-state index contributed by atoms with van der Waals surface area (Å²) in [6.07, 6.45) is 0.935. The van der Waals surface area contributed by atoms with Crippen molar-refractivity contribution in [2.24, 2.45) is 0 Å². The van der Waals surface area contributed by atoms with Crippen molar-refractivity contribution >= 4 is 17.5 Å². The quantitative estimate of drug-likeness (QED) is 0.885. The molecule has 0 aromatic heterocycles. The second-order valence-electron chi connectivity index (χ2n) is 5.46. The molecule has 0 spiro atoms. The lowest BCUT2D eigenvalue weighted by Crippen LogP contribution is -2.37. The van der Waals surface area contributed by atoms with Gasteiger partial charge in [0.2, 0.25) is 5.91 Å². The SMILES string of the molecule is CCc1ccc(N(CCNC(=O)c2cccc(F)c2)C(C)=O)cc1. The van der Waals surface area contributed by atoms with Gasteiger partial charge in [-0.25, -0.2) is 4.39 Å². The van der Waals surface area contributed by atoms with Crippen LogP contribution in [0.15, 0.2) is 48.5 Å². The molecular formula is C19H21FN2O2. The highest BCUT2D eigenvalue weighted by Crippen LogP contribution is 2.15. The van der Waals surface area contributed by atoms with Gasteiger partial charge in [-0.05, 0) is 42.3 Å². The Hall–Kier alpha value is -2.69. The van der Waals surface area contributed by atoms with Crippen LogP contribution in [0.5, 0.6) is 0 Å². The molecule has 1 N–H and O–H groups in total. The molecule has 0 saturated heterocycles. The molecule has 0 radical (unpaired) electrons. The summed E-state index contributed by atoms with van der Waals surface area (Å²) >= 11 is 0. The summed E-state index contributed by atoms with van der Waals surface area (Å²) < 4.78 is 13.1. The van der Waals surface area contributed by atoms with Crippen molar-refractivity contribution in [1.29, 1.82) is 0 Å². The number of hydrogen-bond donors (Lipinski definition) is 1. The Kier molecular flexibility index (Phi) is 6.07. The molecule has 0 saturated carbocycles. The van der Waals surface area contributed by atoms with E-state index in [0.29, 0.717) is 6.54 Å². The first-order chi connectivity index (χ1) is 11.5. The number of amides is 2. The molecule has 0 aliphatic heterocycles. The molecule has 2 amide bonds. The third-order valence-corrected chi connectivity index (χ3v) is 3.74. The van der Waals surface area contributed by atoms with Crippen molar-refractivity contribution in [3.63, 3.8) is 0 Å². The number of carbonyl (C=O) groups is 2. The first kappa shape index (κ1) is 17.7. The molecule has 5 heteroatoms. The summed E-state index contributed by atoms with van der Waals surface area (Å²) in [6, 6.07) is 13.3. The van der Waals surface area contributed by atoms with E-state index in [0.717, 1.165) is 12.1 Å². The van der Waals surface area contributed by atoms with E-state index >= 15 is 0 Å². The van der Waals surface area contributed by atoms with Crippen LogP contribution in [0, 0.1) is 5.82 Å². The average molecular weight is 328 g/mol. The van der Waals surface area contributed by atoms with E-state index in [1.807, 2.05) is 24.3 Å². The summed E-state index contributed by atoms with van der Waals surface area (Å²) in [5.41, 5.74) is 2.25. The summed E-state index contributed by atoms with van der Waals surface area (Å²) in [5.74, 6) is -0.914. The minimum atomic E-state index is -0.455. The highest BCUT2D eigenvalue weighted by Gasteiger charge is 2.12. The summed E-state index contributed by atoms with van der Waals surface area (Å²) in [5, 5.41) is 2.70.